The van der Waals surface area contributed by atoms with E-state index in [4.69, 9.17) is 9.66 Å². The maximum atomic E-state index is 10.4. The van der Waals surface area contributed by atoms with Crippen molar-refractivity contribution in [2.75, 3.05) is 6.61 Å². The van der Waals surface area contributed by atoms with E-state index in [0.717, 1.165) is 6.42 Å². The Morgan fingerprint density at radius 1 is 1.00 bits per heavy atom. The van der Waals surface area contributed by atoms with E-state index in [2.05, 4.69) is 18.8 Å². The van der Waals surface area contributed by atoms with Gasteiger partial charge in [0.1, 0.15) is 6.61 Å². The Bertz CT molecular complexity index is 512. The summed E-state index contributed by atoms with van der Waals surface area (Å²) in [7, 11) is -4.00. The van der Waals surface area contributed by atoms with Gasteiger partial charge in [0.15, 0.2) is 0 Å². The van der Waals surface area contributed by atoms with Gasteiger partial charge < -0.3 is 5.11 Å². The fourth-order valence-corrected chi connectivity index (χ4v) is 2.05. The van der Waals surface area contributed by atoms with Crippen molar-refractivity contribution in [1.29, 1.82) is 0 Å². The SMILES string of the molecule is CCCCCCCC#CCO.O=S(=O)(O)c1ccccc1. The molecule has 0 aromatic heterocycles. The monoisotopic (exact) mass is 312 g/mol. The van der Waals surface area contributed by atoms with Crippen molar-refractivity contribution >= 4 is 10.1 Å². The lowest BCUT2D eigenvalue weighted by molar-refractivity contribution is 0.350. The number of rotatable bonds is 6. The molecule has 0 bridgehead atoms. The number of aliphatic hydroxyl groups excluding tert-OH is 1. The van der Waals surface area contributed by atoms with Gasteiger partial charge in [-0.2, -0.15) is 8.42 Å². The predicted molar refractivity (Wildman–Crippen MR) is 84.5 cm³/mol. The van der Waals surface area contributed by atoms with Crippen LogP contribution in [0.5, 0.6) is 0 Å². The third-order valence-electron chi connectivity index (χ3n) is 2.65. The molecule has 118 valence electrons. The second-order valence-corrected chi connectivity index (χ2v) is 5.89. The molecule has 0 spiro atoms. The van der Waals surface area contributed by atoms with Crippen LogP contribution in [-0.2, 0) is 10.1 Å². The molecule has 1 rings (SSSR count). The molecule has 0 aliphatic rings. The Morgan fingerprint density at radius 2 is 1.62 bits per heavy atom. The van der Waals surface area contributed by atoms with E-state index in [0.29, 0.717) is 0 Å². The van der Waals surface area contributed by atoms with Gasteiger partial charge in [-0.3, -0.25) is 4.55 Å². The second kappa shape index (κ2) is 12.4. The molecule has 0 atom stereocenters. The Hall–Kier alpha value is -1.35. The highest BCUT2D eigenvalue weighted by Gasteiger charge is 2.05. The minimum Gasteiger partial charge on any atom is -0.384 e. The number of hydrogen-bond acceptors (Lipinski definition) is 3. The van der Waals surface area contributed by atoms with Crippen molar-refractivity contribution in [1.82, 2.24) is 0 Å². The summed E-state index contributed by atoms with van der Waals surface area (Å²) in [5.74, 6) is 5.56. The molecule has 0 unspecified atom stereocenters. The summed E-state index contributed by atoms with van der Waals surface area (Å²) >= 11 is 0. The van der Waals surface area contributed by atoms with Gasteiger partial charge in [0.05, 0.1) is 4.90 Å². The quantitative estimate of drug-likeness (QED) is 0.480. The lowest BCUT2D eigenvalue weighted by Crippen LogP contribution is -1.96. The summed E-state index contributed by atoms with van der Waals surface area (Å²) in [4.78, 5) is -0.0741. The van der Waals surface area contributed by atoms with E-state index in [9.17, 15) is 8.42 Å². The molecule has 1 aromatic rings. The van der Waals surface area contributed by atoms with Gasteiger partial charge in [0.25, 0.3) is 10.1 Å². The highest BCUT2D eigenvalue weighted by atomic mass is 32.2. The van der Waals surface area contributed by atoms with Gasteiger partial charge in [-0.1, -0.05) is 56.7 Å². The lowest BCUT2D eigenvalue weighted by atomic mass is 10.1. The summed E-state index contributed by atoms with van der Waals surface area (Å²) in [6.07, 6.45) is 7.39. The van der Waals surface area contributed by atoms with Crippen LogP contribution in [0.1, 0.15) is 45.4 Å². The predicted octanol–water partition coefficient (Wildman–Crippen LogP) is 3.28. The van der Waals surface area contributed by atoms with Crippen LogP contribution in [0.15, 0.2) is 35.2 Å². The highest BCUT2D eigenvalue weighted by molar-refractivity contribution is 7.85. The first-order valence-electron chi connectivity index (χ1n) is 7.11. The average molecular weight is 312 g/mol. The molecule has 0 radical (unpaired) electrons. The Labute approximate surface area is 128 Å². The van der Waals surface area contributed by atoms with E-state index in [-0.39, 0.29) is 11.5 Å². The summed E-state index contributed by atoms with van der Waals surface area (Å²) in [5, 5.41) is 8.33. The molecule has 0 aliphatic heterocycles. The Balaban J connectivity index is 0.000000382. The van der Waals surface area contributed by atoms with E-state index in [1.165, 1.54) is 44.2 Å². The number of aliphatic hydroxyl groups is 1. The minimum atomic E-state index is -4.00. The van der Waals surface area contributed by atoms with Gasteiger partial charge >= 0.3 is 0 Å². The van der Waals surface area contributed by atoms with Crippen LogP contribution < -0.4 is 0 Å². The molecule has 21 heavy (non-hydrogen) atoms. The molecule has 2 N–H and O–H groups in total. The van der Waals surface area contributed by atoms with Crippen molar-refractivity contribution in [3.8, 4) is 11.8 Å². The molecular formula is C16H24O4S. The summed E-state index contributed by atoms with van der Waals surface area (Å²) in [6.45, 7) is 2.22. The normalized spacial score (nSPS) is 10.0. The van der Waals surface area contributed by atoms with Crippen LogP contribution in [0.25, 0.3) is 0 Å². The molecular weight excluding hydrogens is 288 g/mol. The van der Waals surface area contributed by atoms with Crippen LogP contribution in [0, 0.1) is 11.8 Å². The van der Waals surface area contributed by atoms with Crippen LogP contribution in [0.3, 0.4) is 0 Å². The maximum Gasteiger partial charge on any atom is 0.294 e. The third kappa shape index (κ3) is 12.1. The third-order valence-corrected chi connectivity index (χ3v) is 3.52. The van der Waals surface area contributed by atoms with Crippen molar-refractivity contribution in [2.24, 2.45) is 0 Å². The minimum absolute atomic E-state index is 0.00889. The summed E-state index contributed by atoms with van der Waals surface area (Å²) in [6, 6.07) is 7.42. The first-order chi connectivity index (χ1) is 10.0. The molecule has 0 heterocycles. The van der Waals surface area contributed by atoms with E-state index in [1.807, 2.05) is 0 Å². The van der Waals surface area contributed by atoms with Crippen LogP contribution in [0.4, 0.5) is 0 Å². The fraction of sp³-hybridized carbons (Fsp3) is 0.500. The van der Waals surface area contributed by atoms with Crippen molar-refractivity contribution in [3.05, 3.63) is 30.3 Å². The molecule has 0 saturated carbocycles. The first-order valence-corrected chi connectivity index (χ1v) is 8.55. The van der Waals surface area contributed by atoms with Gasteiger partial charge in [-0.25, -0.2) is 0 Å². The topological polar surface area (TPSA) is 74.6 Å². The lowest BCUT2D eigenvalue weighted by Gasteiger charge is -1.94. The van der Waals surface area contributed by atoms with Gasteiger partial charge in [0, 0.05) is 6.42 Å². The largest absolute Gasteiger partial charge is 0.384 e. The van der Waals surface area contributed by atoms with Crippen molar-refractivity contribution in [3.63, 3.8) is 0 Å². The van der Waals surface area contributed by atoms with Gasteiger partial charge in [-0.05, 0) is 18.6 Å². The Kier molecular flexibility index (Phi) is 11.6. The van der Waals surface area contributed by atoms with E-state index in [1.54, 1.807) is 18.2 Å². The fourth-order valence-electron chi connectivity index (χ4n) is 1.55. The van der Waals surface area contributed by atoms with Crippen molar-refractivity contribution < 1.29 is 18.1 Å². The molecule has 0 fully saturated rings. The first kappa shape index (κ1) is 19.7. The van der Waals surface area contributed by atoms with E-state index < -0.39 is 10.1 Å². The molecule has 1 aromatic carbocycles. The zero-order valence-corrected chi connectivity index (χ0v) is 13.3. The number of unbranched alkanes of at least 4 members (excludes halogenated alkanes) is 5. The molecule has 0 saturated heterocycles. The van der Waals surface area contributed by atoms with Crippen molar-refractivity contribution in [2.45, 2.75) is 50.3 Å². The molecule has 0 aliphatic carbocycles. The smallest absolute Gasteiger partial charge is 0.294 e. The standard InChI is InChI=1S/C10H18O.C6H6O3S/c1-2-3-4-5-6-7-8-9-10-11;7-10(8,9)6-4-2-1-3-5-6/h11H,2-7,10H2,1H3;1-5H,(H,7,8,9). The van der Waals surface area contributed by atoms with Crippen LogP contribution in [-0.4, -0.2) is 24.7 Å². The number of hydrogen-bond donors (Lipinski definition) is 2. The summed E-state index contributed by atoms with van der Waals surface area (Å²) in [5.41, 5.74) is 0. The van der Waals surface area contributed by atoms with Crippen LogP contribution in [0.2, 0.25) is 0 Å². The van der Waals surface area contributed by atoms with Gasteiger partial charge in [-0.15, -0.1) is 5.92 Å². The average Bonchev–Trinajstić information content (AvgIpc) is 2.47. The van der Waals surface area contributed by atoms with Crippen LogP contribution >= 0.6 is 0 Å². The summed E-state index contributed by atoms with van der Waals surface area (Å²) < 4.78 is 29.2. The zero-order chi connectivity index (χ0) is 16.0. The Morgan fingerprint density at radius 3 is 2.10 bits per heavy atom. The zero-order valence-electron chi connectivity index (χ0n) is 12.5. The number of benzene rings is 1. The molecule has 4 nitrogen and oxygen atoms in total. The molecule has 0 amide bonds. The maximum absolute atomic E-state index is 10.4. The second-order valence-electron chi connectivity index (χ2n) is 4.46. The van der Waals surface area contributed by atoms with Gasteiger partial charge in [0.2, 0.25) is 0 Å². The van der Waals surface area contributed by atoms with E-state index >= 15 is 0 Å². The highest BCUT2D eigenvalue weighted by Crippen LogP contribution is 2.05. The molecule has 5 heteroatoms.